The molecule has 0 aliphatic carbocycles. The summed E-state index contributed by atoms with van der Waals surface area (Å²) in [5.74, 6) is 0.495. The number of hydrogen-bond acceptors (Lipinski definition) is 3. The molecule has 0 saturated carbocycles. The van der Waals surface area contributed by atoms with Crippen LogP contribution in [0.1, 0.15) is 18.5 Å². The predicted molar refractivity (Wildman–Crippen MR) is 64.3 cm³/mol. The first-order chi connectivity index (χ1) is 7.78. The molecule has 2 heterocycles. The van der Waals surface area contributed by atoms with Gasteiger partial charge >= 0.3 is 0 Å². The minimum Gasteiger partial charge on any atom is -0.396 e. The summed E-state index contributed by atoms with van der Waals surface area (Å²) >= 11 is 5.79. The Bertz CT molecular complexity index is 320. The van der Waals surface area contributed by atoms with Gasteiger partial charge in [0.2, 0.25) is 0 Å². The first-order valence-electron chi connectivity index (χ1n) is 5.71. The highest BCUT2D eigenvalue weighted by Gasteiger charge is 2.18. The summed E-state index contributed by atoms with van der Waals surface area (Å²) in [4.78, 5) is 6.67. The highest BCUT2D eigenvalue weighted by Crippen LogP contribution is 2.18. The topological polar surface area (TPSA) is 36.4 Å². The van der Waals surface area contributed by atoms with Crippen molar-refractivity contribution in [1.29, 1.82) is 0 Å². The Hall–Kier alpha value is -0.640. The van der Waals surface area contributed by atoms with E-state index in [4.69, 9.17) is 16.7 Å². The van der Waals surface area contributed by atoms with Crippen molar-refractivity contribution in [3.8, 4) is 0 Å². The van der Waals surface area contributed by atoms with E-state index in [9.17, 15) is 0 Å². The van der Waals surface area contributed by atoms with E-state index < -0.39 is 0 Å². The van der Waals surface area contributed by atoms with Crippen molar-refractivity contribution in [3.05, 3.63) is 29.0 Å². The number of aliphatic hydroxyl groups is 1. The SMILES string of the molecule is OCC1CCN(Cc2ccc(Cl)cn2)CC1. The van der Waals surface area contributed by atoms with Crippen LogP contribution in [-0.4, -0.2) is 34.7 Å². The molecule has 1 aliphatic heterocycles. The lowest BCUT2D eigenvalue weighted by atomic mass is 9.98. The van der Waals surface area contributed by atoms with E-state index in [2.05, 4.69) is 9.88 Å². The Morgan fingerprint density at radius 2 is 2.12 bits per heavy atom. The van der Waals surface area contributed by atoms with E-state index in [-0.39, 0.29) is 0 Å². The molecule has 1 aromatic rings. The van der Waals surface area contributed by atoms with Gasteiger partial charge in [-0.3, -0.25) is 9.88 Å². The maximum Gasteiger partial charge on any atom is 0.0589 e. The molecule has 1 aliphatic rings. The molecular weight excluding hydrogens is 224 g/mol. The second-order valence-corrected chi connectivity index (χ2v) is 4.81. The Labute approximate surface area is 101 Å². The summed E-state index contributed by atoms with van der Waals surface area (Å²) in [6, 6.07) is 3.85. The zero-order valence-corrected chi connectivity index (χ0v) is 10.0. The summed E-state index contributed by atoms with van der Waals surface area (Å²) < 4.78 is 0. The number of rotatable bonds is 3. The van der Waals surface area contributed by atoms with E-state index in [0.29, 0.717) is 17.5 Å². The van der Waals surface area contributed by atoms with Gasteiger partial charge in [0.05, 0.1) is 10.7 Å². The summed E-state index contributed by atoms with van der Waals surface area (Å²) in [6.07, 6.45) is 3.87. The maximum absolute atomic E-state index is 9.05. The lowest BCUT2D eigenvalue weighted by Gasteiger charge is -2.30. The number of pyridine rings is 1. The second-order valence-electron chi connectivity index (χ2n) is 4.37. The van der Waals surface area contributed by atoms with Crippen molar-refractivity contribution >= 4 is 11.6 Å². The largest absolute Gasteiger partial charge is 0.396 e. The minimum atomic E-state index is 0.326. The molecule has 1 N–H and O–H groups in total. The van der Waals surface area contributed by atoms with Gasteiger partial charge in [-0.05, 0) is 44.0 Å². The number of piperidine rings is 1. The molecule has 16 heavy (non-hydrogen) atoms. The average molecular weight is 241 g/mol. The van der Waals surface area contributed by atoms with Gasteiger partial charge in [0.1, 0.15) is 0 Å². The Balaban J connectivity index is 1.84. The third-order valence-electron chi connectivity index (χ3n) is 3.14. The van der Waals surface area contributed by atoms with Crippen LogP contribution in [0.5, 0.6) is 0 Å². The van der Waals surface area contributed by atoms with Crippen LogP contribution in [0.25, 0.3) is 0 Å². The molecule has 3 nitrogen and oxygen atoms in total. The molecule has 0 radical (unpaired) electrons. The monoisotopic (exact) mass is 240 g/mol. The highest BCUT2D eigenvalue weighted by atomic mass is 35.5. The van der Waals surface area contributed by atoms with Crippen molar-refractivity contribution in [2.24, 2.45) is 5.92 Å². The molecule has 0 atom stereocenters. The van der Waals surface area contributed by atoms with E-state index in [1.165, 1.54) is 0 Å². The first kappa shape index (κ1) is 11.8. The number of aromatic nitrogens is 1. The van der Waals surface area contributed by atoms with Gasteiger partial charge in [-0.1, -0.05) is 11.6 Å². The van der Waals surface area contributed by atoms with Crippen LogP contribution in [0.2, 0.25) is 5.02 Å². The maximum atomic E-state index is 9.05. The van der Waals surface area contributed by atoms with Gasteiger partial charge in [0.25, 0.3) is 0 Å². The zero-order valence-electron chi connectivity index (χ0n) is 9.27. The number of likely N-dealkylation sites (tertiary alicyclic amines) is 1. The molecule has 1 saturated heterocycles. The van der Waals surface area contributed by atoms with E-state index in [0.717, 1.165) is 38.2 Å². The first-order valence-corrected chi connectivity index (χ1v) is 6.09. The molecule has 1 fully saturated rings. The van der Waals surface area contributed by atoms with Crippen LogP contribution in [0.3, 0.4) is 0 Å². The minimum absolute atomic E-state index is 0.326. The average Bonchev–Trinajstić information content (AvgIpc) is 2.33. The van der Waals surface area contributed by atoms with Gasteiger partial charge < -0.3 is 5.11 Å². The van der Waals surface area contributed by atoms with Crippen LogP contribution in [0, 0.1) is 5.92 Å². The van der Waals surface area contributed by atoms with E-state index in [1.807, 2.05) is 12.1 Å². The Morgan fingerprint density at radius 3 is 2.69 bits per heavy atom. The fraction of sp³-hybridized carbons (Fsp3) is 0.583. The van der Waals surface area contributed by atoms with Gasteiger partial charge in [-0.15, -0.1) is 0 Å². The van der Waals surface area contributed by atoms with Crippen molar-refractivity contribution < 1.29 is 5.11 Å². The molecule has 2 rings (SSSR count). The van der Waals surface area contributed by atoms with Crippen LogP contribution in [0.15, 0.2) is 18.3 Å². The Morgan fingerprint density at radius 1 is 1.38 bits per heavy atom. The molecule has 0 aromatic carbocycles. The summed E-state index contributed by atoms with van der Waals surface area (Å²) in [7, 11) is 0. The molecule has 0 spiro atoms. The van der Waals surface area contributed by atoms with Crippen molar-refractivity contribution in [2.75, 3.05) is 19.7 Å². The van der Waals surface area contributed by atoms with Crippen LogP contribution >= 0.6 is 11.6 Å². The van der Waals surface area contributed by atoms with Crippen molar-refractivity contribution in [2.45, 2.75) is 19.4 Å². The highest BCUT2D eigenvalue weighted by molar-refractivity contribution is 6.30. The van der Waals surface area contributed by atoms with Crippen molar-refractivity contribution in [3.63, 3.8) is 0 Å². The van der Waals surface area contributed by atoms with Gasteiger partial charge in [-0.2, -0.15) is 0 Å². The fourth-order valence-electron chi connectivity index (χ4n) is 2.06. The number of hydrogen-bond donors (Lipinski definition) is 1. The van der Waals surface area contributed by atoms with Gasteiger partial charge in [-0.25, -0.2) is 0 Å². The number of aliphatic hydroxyl groups excluding tert-OH is 1. The molecular formula is C12H17ClN2O. The summed E-state index contributed by atoms with van der Waals surface area (Å²) in [5, 5.41) is 9.74. The summed E-state index contributed by atoms with van der Waals surface area (Å²) in [6.45, 7) is 3.31. The summed E-state index contributed by atoms with van der Waals surface area (Å²) in [5.41, 5.74) is 1.06. The van der Waals surface area contributed by atoms with Crippen LogP contribution in [0.4, 0.5) is 0 Å². The van der Waals surface area contributed by atoms with Gasteiger partial charge in [0, 0.05) is 19.3 Å². The fourth-order valence-corrected chi connectivity index (χ4v) is 2.17. The van der Waals surface area contributed by atoms with Crippen LogP contribution < -0.4 is 0 Å². The molecule has 0 unspecified atom stereocenters. The van der Waals surface area contributed by atoms with Gasteiger partial charge in [0.15, 0.2) is 0 Å². The standard InChI is InChI=1S/C12H17ClN2O/c13-11-1-2-12(14-7-11)8-15-5-3-10(9-16)4-6-15/h1-2,7,10,16H,3-6,8-9H2. The third-order valence-corrected chi connectivity index (χ3v) is 3.36. The molecule has 88 valence electrons. The second kappa shape index (κ2) is 5.62. The number of halogens is 1. The zero-order chi connectivity index (χ0) is 11.4. The van der Waals surface area contributed by atoms with Crippen molar-refractivity contribution in [1.82, 2.24) is 9.88 Å². The lowest BCUT2D eigenvalue weighted by molar-refractivity contribution is 0.126. The predicted octanol–water partition coefficient (Wildman–Crippen LogP) is 1.94. The molecule has 4 heteroatoms. The Kier molecular flexibility index (Phi) is 4.16. The quantitative estimate of drug-likeness (QED) is 0.877. The number of nitrogens with zero attached hydrogens (tertiary/aromatic N) is 2. The smallest absolute Gasteiger partial charge is 0.0589 e. The normalized spacial score (nSPS) is 18.9. The lowest BCUT2D eigenvalue weighted by Crippen LogP contribution is -2.34. The third kappa shape index (κ3) is 3.17. The van der Waals surface area contributed by atoms with E-state index in [1.54, 1.807) is 6.20 Å². The van der Waals surface area contributed by atoms with Crippen LogP contribution in [-0.2, 0) is 6.54 Å². The van der Waals surface area contributed by atoms with E-state index >= 15 is 0 Å². The molecule has 1 aromatic heterocycles. The molecule has 0 bridgehead atoms. The molecule has 0 amide bonds.